The van der Waals surface area contributed by atoms with Crippen LogP contribution in [0.15, 0.2) is 176 Å². The fraction of sp³-hybridized carbons (Fsp3) is 0.106. The van der Waals surface area contributed by atoms with Gasteiger partial charge in [0.25, 0.3) is 0 Å². The average molecular weight is 605 g/mol. The Balaban J connectivity index is 1.26. The van der Waals surface area contributed by atoms with E-state index in [1.807, 2.05) is 12.1 Å². The van der Waals surface area contributed by atoms with Gasteiger partial charge >= 0.3 is 0 Å². The monoisotopic (exact) mass is 604 g/mol. The van der Waals surface area contributed by atoms with Crippen molar-refractivity contribution in [2.75, 3.05) is 0 Å². The Hall–Kier alpha value is -5.46. The van der Waals surface area contributed by atoms with Gasteiger partial charge in [0.15, 0.2) is 0 Å². The van der Waals surface area contributed by atoms with Gasteiger partial charge in [-0.1, -0.05) is 183 Å². The zero-order valence-electron chi connectivity index (χ0n) is 27.1. The summed E-state index contributed by atoms with van der Waals surface area (Å²) < 4.78 is 0. The van der Waals surface area contributed by atoms with Crippen molar-refractivity contribution >= 4 is 22.9 Å². The van der Waals surface area contributed by atoms with Gasteiger partial charge in [-0.2, -0.15) is 0 Å². The first-order valence-electron chi connectivity index (χ1n) is 16.6. The Kier molecular flexibility index (Phi) is 8.67. The highest BCUT2D eigenvalue weighted by Crippen LogP contribution is 2.39. The number of benzene rings is 6. The lowest BCUT2D eigenvalue weighted by Gasteiger charge is -2.23. The molecule has 228 valence electrons. The summed E-state index contributed by atoms with van der Waals surface area (Å²) in [5.74, 6) is 0.235. The molecule has 0 heteroatoms. The molecule has 2 unspecified atom stereocenters. The quantitative estimate of drug-likeness (QED) is 0.162. The first kappa shape index (κ1) is 30.2. The van der Waals surface area contributed by atoms with Crippen molar-refractivity contribution in [2.45, 2.75) is 31.6 Å². The Labute approximate surface area is 279 Å². The van der Waals surface area contributed by atoms with Gasteiger partial charge < -0.3 is 0 Å². The minimum absolute atomic E-state index is 0.0469. The summed E-state index contributed by atoms with van der Waals surface area (Å²) in [7, 11) is 0. The summed E-state index contributed by atoms with van der Waals surface area (Å²) in [6.45, 7) is 10.7. The van der Waals surface area contributed by atoms with Crippen molar-refractivity contribution in [2.24, 2.45) is 0 Å². The Morgan fingerprint density at radius 1 is 0.638 bits per heavy atom. The van der Waals surface area contributed by atoms with Gasteiger partial charge in [-0.3, -0.25) is 0 Å². The predicted molar refractivity (Wildman–Crippen MR) is 202 cm³/mol. The number of allylic oxidation sites excluding steroid dienone is 5. The highest BCUT2D eigenvalue weighted by molar-refractivity contribution is 5.87. The molecule has 1 aliphatic rings. The van der Waals surface area contributed by atoms with E-state index in [0.717, 1.165) is 23.3 Å². The van der Waals surface area contributed by atoms with Crippen LogP contribution in [0.25, 0.3) is 34.1 Å². The molecule has 6 aromatic carbocycles. The fourth-order valence-corrected chi connectivity index (χ4v) is 7.13. The molecule has 0 N–H and O–H groups in total. The van der Waals surface area contributed by atoms with E-state index >= 15 is 0 Å². The topological polar surface area (TPSA) is 0 Å². The van der Waals surface area contributed by atoms with Crippen LogP contribution in [0.2, 0.25) is 0 Å². The first-order valence-corrected chi connectivity index (χ1v) is 16.6. The first-order chi connectivity index (χ1) is 23.1. The molecule has 0 saturated heterocycles. The van der Waals surface area contributed by atoms with Crippen molar-refractivity contribution in [1.82, 2.24) is 0 Å². The van der Waals surface area contributed by atoms with E-state index in [9.17, 15) is 0 Å². The van der Waals surface area contributed by atoms with E-state index in [-0.39, 0.29) is 11.8 Å². The van der Waals surface area contributed by atoms with Crippen LogP contribution in [0.4, 0.5) is 0 Å². The normalized spacial score (nSPS) is 14.7. The van der Waals surface area contributed by atoms with Gasteiger partial charge in [-0.05, 0) is 85.5 Å². The molecular formula is C47H40. The van der Waals surface area contributed by atoms with Crippen molar-refractivity contribution in [3.05, 3.63) is 214 Å². The lowest BCUT2D eigenvalue weighted by atomic mass is 9.80. The maximum Gasteiger partial charge on any atom is 0.0345 e. The van der Waals surface area contributed by atoms with E-state index in [0.29, 0.717) is 0 Å². The van der Waals surface area contributed by atoms with Gasteiger partial charge in [0.1, 0.15) is 0 Å². The smallest absolute Gasteiger partial charge is 0.0345 e. The Morgan fingerprint density at radius 3 is 1.91 bits per heavy atom. The van der Waals surface area contributed by atoms with E-state index in [4.69, 9.17) is 0 Å². The van der Waals surface area contributed by atoms with Crippen molar-refractivity contribution < 1.29 is 0 Å². The second kappa shape index (κ2) is 13.5. The van der Waals surface area contributed by atoms with Crippen LogP contribution in [0.1, 0.15) is 52.5 Å². The highest BCUT2D eigenvalue weighted by Gasteiger charge is 2.22. The second-order valence-electron chi connectivity index (χ2n) is 12.6. The number of aryl methyl sites for hydroxylation is 1. The molecule has 2 atom stereocenters. The number of rotatable bonds is 8. The summed E-state index contributed by atoms with van der Waals surface area (Å²) in [4.78, 5) is 0. The average Bonchev–Trinajstić information content (AvgIpc) is 3.13. The molecule has 7 rings (SSSR count). The third-order valence-electron chi connectivity index (χ3n) is 9.58. The number of hydrogen-bond donors (Lipinski definition) is 0. The van der Waals surface area contributed by atoms with E-state index < -0.39 is 0 Å². The van der Waals surface area contributed by atoms with E-state index in [2.05, 4.69) is 172 Å². The Bertz CT molecular complexity index is 2200. The van der Waals surface area contributed by atoms with Crippen molar-refractivity contribution in [3.8, 4) is 11.1 Å². The molecule has 0 fully saturated rings. The molecule has 6 aromatic rings. The minimum atomic E-state index is 0.0469. The predicted octanol–water partition coefficient (Wildman–Crippen LogP) is 10.8. The van der Waals surface area contributed by atoms with Crippen LogP contribution in [0, 0.1) is 6.92 Å². The van der Waals surface area contributed by atoms with Crippen LogP contribution in [-0.2, 0) is 0 Å². The molecule has 0 heterocycles. The molecule has 0 saturated carbocycles. The molecule has 1 aliphatic carbocycles. The summed E-state index contributed by atoms with van der Waals surface area (Å²) in [5, 5.41) is 4.75. The second-order valence-corrected chi connectivity index (χ2v) is 12.6. The molecule has 0 spiro atoms. The lowest BCUT2D eigenvalue weighted by Crippen LogP contribution is -2.27. The van der Waals surface area contributed by atoms with Crippen molar-refractivity contribution in [1.29, 1.82) is 0 Å². The van der Waals surface area contributed by atoms with E-state index in [1.165, 1.54) is 60.9 Å². The maximum absolute atomic E-state index is 4.33. The zero-order valence-corrected chi connectivity index (χ0v) is 27.1. The van der Waals surface area contributed by atoms with Crippen LogP contribution in [0.3, 0.4) is 0 Å². The van der Waals surface area contributed by atoms with Gasteiger partial charge in [0, 0.05) is 11.8 Å². The molecular weight excluding hydrogens is 565 g/mol. The van der Waals surface area contributed by atoms with E-state index in [1.54, 1.807) is 0 Å². The SMILES string of the molecule is C=C/C(=c1/ccccc1=C)C(c1ccc(C)cc1)c1ccc(-c2ccc(C(C3=CCCC=C3)c3cccc4ccccc34)cc2)cc1. The summed E-state index contributed by atoms with van der Waals surface area (Å²) in [6, 6.07) is 51.0. The summed E-state index contributed by atoms with van der Waals surface area (Å²) >= 11 is 0. The molecule has 0 amide bonds. The van der Waals surface area contributed by atoms with Crippen molar-refractivity contribution in [3.63, 3.8) is 0 Å². The van der Waals surface area contributed by atoms with Crippen LogP contribution in [0.5, 0.6) is 0 Å². The third-order valence-corrected chi connectivity index (χ3v) is 9.58. The zero-order chi connectivity index (χ0) is 32.2. The molecule has 47 heavy (non-hydrogen) atoms. The highest BCUT2D eigenvalue weighted by atomic mass is 14.2. The minimum Gasteiger partial charge on any atom is -0.0987 e. The van der Waals surface area contributed by atoms with Gasteiger partial charge in [0.2, 0.25) is 0 Å². The molecule has 0 aromatic heterocycles. The molecule has 0 aliphatic heterocycles. The third kappa shape index (κ3) is 6.20. The Morgan fingerprint density at radius 2 is 1.26 bits per heavy atom. The fourth-order valence-electron chi connectivity index (χ4n) is 7.13. The standard InChI is InChI=1S/C47H40/c1-4-42(43-18-10-8-13-34(43)3)46(39-23-21-33(2)22-24-39)40-29-25-35(26-30-40)36-27-31-41(32-28-36)47(38-15-6-5-7-16-38)45-20-12-17-37-14-9-11-19-44(37)45/h4,6,8-32,46-47H,1,3,5,7H2,2H3/b43-42+. The largest absolute Gasteiger partial charge is 0.0987 e. The van der Waals surface area contributed by atoms with Crippen LogP contribution >= 0.6 is 0 Å². The summed E-state index contributed by atoms with van der Waals surface area (Å²) in [6.07, 6.45) is 11.3. The molecule has 0 nitrogen and oxygen atoms in total. The summed E-state index contributed by atoms with van der Waals surface area (Å²) in [5.41, 5.74) is 11.4. The molecule has 0 bridgehead atoms. The van der Waals surface area contributed by atoms with Crippen LogP contribution in [-0.4, -0.2) is 0 Å². The lowest BCUT2D eigenvalue weighted by molar-refractivity contribution is 0.927. The van der Waals surface area contributed by atoms with Gasteiger partial charge in [-0.25, -0.2) is 0 Å². The number of fused-ring (bicyclic) bond motifs is 1. The number of hydrogen-bond acceptors (Lipinski definition) is 0. The van der Waals surface area contributed by atoms with Crippen LogP contribution < -0.4 is 10.4 Å². The van der Waals surface area contributed by atoms with Gasteiger partial charge in [0.05, 0.1) is 0 Å². The molecule has 0 radical (unpaired) electrons. The maximum atomic E-state index is 4.33. The van der Waals surface area contributed by atoms with Gasteiger partial charge in [-0.15, -0.1) is 0 Å².